The monoisotopic (exact) mass is 318 g/mol. The van der Waals surface area contributed by atoms with Crippen LogP contribution in [-0.4, -0.2) is 29.3 Å². The van der Waals surface area contributed by atoms with Gasteiger partial charge in [-0.3, -0.25) is 0 Å². The largest absolute Gasteiger partial charge is 0.491 e. The van der Waals surface area contributed by atoms with Crippen LogP contribution in [0.25, 0.3) is 0 Å². The number of thiazole rings is 1. The van der Waals surface area contributed by atoms with Crippen molar-refractivity contribution in [3.8, 4) is 5.75 Å². The Morgan fingerprint density at radius 1 is 1.41 bits per heavy atom. The second-order valence-corrected chi connectivity index (χ2v) is 6.91. The van der Waals surface area contributed by atoms with E-state index < -0.39 is 6.10 Å². The van der Waals surface area contributed by atoms with Crippen molar-refractivity contribution in [1.82, 2.24) is 10.3 Å². The molecule has 3 rings (SSSR count). The maximum Gasteiger partial charge on any atom is 0.119 e. The maximum atomic E-state index is 9.97. The van der Waals surface area contributed by atoms with Crippen LogP contribution in [0.4, 0.5) is 0 Å². The maximum absolute atomic E-state index is 9.97. The molecule has 1 heterocycles. The Hall–Kier alpha value is -1.43. The van der Waals surface area contributed by atoms with Gasteiger partial charge in [0.15, 0.2) is 0 Å². The van der Waals surface area contributed by atoms with E-state index in [4.69, 9.17) is 4.74 Å². The number of aliphatic hydroxyl groups excluding tert-OH is 1. The van der Waals surface area contributed by atoms with E-state index in [1.54, 1.807) is 11.3 Å². The van der Waals surface area contributed by atoms with Gasteiger partial charge in [-0.25, -0.2) is 4.98 Å². The lowest BCUT2D eigenvalue weighted by atomic mass is 10.2. The van der Waals surface area contributed by atoms with Crippen molar-refractivity contribution in [2.75, 3.05) is 13.2 Å². The Bertz CT molecular complexity index is 605. The number of benzene rings is 1. The van der Waals surface area contributed by atoms with Gasteiger partial charge in [0.2, 0.25) is 0 Å². The molecule has 118 valence electrons. The fourth-order valence-electron chi connectivity index (χ4n) is 2.62. The lowest BCUT2D eigenvalue weighted by Crippen LogP contribution is -2.31. The molecule has 0 radical (unpaired) electrons. The Labute approximate surface area is 135 Å². The van der Waals surface area contributed by atoms with Crippen LogP contribution in [-0.2, 0) is 19.4 Å². The topological polar surface area (TPSA) is 54.4 Å². The van der Waals surface area contributed by atoms with Gasteiger partial charge in [0.1, 0.15) is 23.5 Å². The average molecular weight is 318 g/mol. The number of hydrogen-bond donors (Lipinski definition) is 2. The molecule has 0 aliphatic heterocycles. The molecule has 4 nitrogen and oxygen atoms in total. The number of nitrogens with zero attached hydrogens (tertiary/aromatic N) is 1. The molecule has 0 bridgehead atoms. The second-order valence-electron chi connectivity index (χ2n) is 5.74. The van der Waals surface area contributed by atoms with Gasteiger partial charge >= 0.3 is 0 Å². The molecule has 0 amide bonds. The summed E-state index contributed by atoms with van der Waals surface area (Å²) in [6.07, 6.45) is 3.03. The molecule has 1 aromatic carbocycles. The zero-order chi connectivity index (χ0) is 15.4. The van der Waals surface area contributed by atoms with E-state index in [9.17, 15) is 5.11 Å². The molecule has 1 aliphatic carbocycles. The Kier molecular flexibility index (Phi) is 5.08. The summed E-state index contributed by atoms with van der Waals surface area (Å²) in [7, 11) is 0. The summed E-state index contributed by atoms with van der Waals surface area (Å²) in [6, 6.07) is 7.86. The molecule has 2 aromatic rings. The number of rotatable bonds is 7. The molecule has 0 saturated carbocycles. The summed E-state index contributed by atoms with van der Waals surface area (Å²) in [5.41, 5.74) is 2.44. The molecule has 22 heavy (non-hydrogen) atoms. The number of hydrogen-bond acceptors (Lipinski definition) is 5. The predicted octanol–water partition coefficient (Wildman–Crippen LogP) is 2.47. The quantitative estimate of drug-likeness (QED) is 0.823. The zero-order valence-electron chi connectivity index (χ0n) is 12.8. The lowest BCUT2D eigenvalue weighted by molar-refractivity contribution is 0.106. The zero-order valence-corrected chi connectivity index (χ0v) is 13.7. The van der Waals surface area contributed by atoms with E-state index >= 15 is 0 Å². The third kappa shape index (κ3) is 4.06. The highest BCUT2D eigenvalue weighted by atomic mass is 32.1. The molecule has 0 spiro atoms. The average Bonchev–Trinajstić information content (AvgIpc) is 3.06. The minimum atomic E-state index is -0.521. The van der Waals surface area contributed by atoms with Crippen molar-refractivity contribution >= 4 is 11.3 Å². The van der Waals surface area contributed by atoms with E-state index in [0.29, 0.717) is 13.2 Å². The summed E-state index contributed by atoms with van der Waals surface area (Å²) < 4.78 is 5.60. The SMILES string of the molecule is Cc1cccc(OCC(O)CNCc2nc3c(s2)CCC3)c1. The molecule has 1 aliphatic rings. The van der Waals surface area contributed by atoms with Gasteiger partial charge < -0.3 is 15.2 Å². The third-order valence-corrected chi connectivity index (χ3v) is 4.89. The number of aryl methyl sites for hydroxylation is 3. The van der Waals surface area contributed by atoms with Crippen LogP contribution < -0.4 is 10.1 Å². The fourth-order valence-corrected chi connectivity index (χ4v) is 3.75. The normalized spacial score (nSPS) is 14.8. The van der Waals surface area contributed by atoms with Gasteiger partial charge in [-0.1, -0.05) is 12.1 Å². The molecule has 0 saturated heterocycles. The fraction of sp³-hybridized carbons (Fsp3) is 0.471. The van der Waals surface area contributed by atoms with Crippen LogP contribution in [0, 0.1) is 6.92 Å². The number of aliphatic hydroxyl groups is 1. The lowest BCUT2D eigenvalue weighted by Gasteiger charge is -2.13. The molecular weight excluding hydrogens is 296 g/mol. The first kappa shape index (κ1) is 15.5. The summed E-state index contributed by atoms with van der Waals surface area (Å²) in [4.78, 5) is 6.08. The Morgan fingerprint density at radius 2 is 2.32 bits per heavy atom. The van der Waals surface area contributed by atoms with E-state index in [0.717, 1.165) is 29.3 Å². The van der Waals surface area contributed by atoms with Crippen LogP contribution in [0.1, 0.15) is 27.6 Å². The number of nitrogens with one attached hydrogen (secondary N) is 1. The van der Waals surface area contributed by atoms with Crippen LogP contribution in [0.5, 0.6) is 5.75 Å². The van der Waals surface area contributed by atoms with Crippen molar-refractivity contribution in [2.45, 2.75) is 38.8 Å². The van der Waals surface area contributed by atoms with E-state index in [2.05, 4.69) is 10.3 Å². The molecular formula is C17H22N2O2S. The molecule has 5 heteroatoms. The minimum absolute atomic E-state index is 0.296. The van der Waals surface area contributed by atoms with E-state index in [1.165, 1.54) is 23.4 Å². The predicted molar refractivity (Wildman–Crippen MR) is 88.5 cm³/mol. The highest BCUT2D eigenvalue weighted by Gasteiger charge is 2.16. The van der Waals surface area contributed by atoms with Gasteiger partial charge in [-0.05, 0) is 43.9 Å². The van der Waals surface area contributed by atoms with Gasteiger partial charge in [-0.2, -0.15) is 0 Å². The first-order valence-corrected chi connectivity index (χ1v) is 8.58. The van der Waals surface area contributed by atoms with Crippen molar-refractivity contribution in [3.05, 3.63) is 45.4 Å². The summed E-state index contributed by atoms with van der Waals surface area (Å²) in [5.74, 6) is 0.801. The van der Waals surface area contributed by atoms with Crippen LogP contribution in [0.2, 0.25) is 0 Å². The minimum Gasteiger partial charge on any atom is -0.491 e. The van der Waals surface area contributed by atoms with Crippen LogP contribution >= 0.6 is 11.3 Å². The highest BCUT2D eigenvalue weighted by Crippen LogP contribution is 2.27. The van der Waals surface area contributed by atoms with E-state index in [-0.39, 0.29) is 0 Å². The van der Waals surface area contributed by atoms with Crippen molar-refractivity contribution in [2.24, 2.45) is 0 Å². The van der Waals surface area contributed by atoms with Crippen LogP contribution in [0.15, 0.2) is 24.3 Å². The molecule has 1 unspecified atom stereocenters. The molecule has 1 atom stereocenters. The second kappa shape index (κ2) is 7.22. The Balaban J connectivity index is 1.37. The summed E-state index contributed by atoms with van der Waals surface area (Å²) in [5, 5.41) is 14.3. The smallest absolute Gasteiger partial charge is 0.119 e. The first-order chi connectivity index (χ1) is 10.7. The van der Waals surface area contributed by atoms with Crippen LogP contribution in [0.3, 0.4) is 0 Å². The third-order valence-electron chi connectivity index (χ3n) is 3.73. The van der Waals surface area contributed by atoms with E-state index in [1.807, 2.05) is 31.2 Å². The molecule has 2 N–H and O–H groups in total. The van der Waals surface area contributed by atoms with Crippen molar-refractivity contribution in [3.63, 3.8) is 0 Å². The van der Waals surface area contributed by atoms with Gasteiger partial charge in [0, 0.05) is 18.0 Å². The van der Waals surface area contributed by atoms with Gasteiger partial charge in [0.25, 0.3) is 0 Å². The summed E-state index contributed by atoms with van der Waals surface area (Å²) in [6.45, 7) is 3.55. The number of ether oxygens (including phenoxy) is 1. The summed E-state index contributed by atoms with van der Waals surface area (Å²) >= 11 is 1.80. The van der Waals surface area contributed by atoms with Crippen molar-refractivity contribution < 1.29 is 9.84 Å². The van der Waals surface area contributed by atoms with Gasteiger partial charge in [0.05, 0.1) is 5.69 Å². The molecule has 1 aromatic heterocycles. The number of fused-ring (bicyclic) bond motifs is 1. The van der Waals surface area contributed by atoms with Crippen molar-refractivity contribution in [1.29, 1.82) is 0 Å². The standard InChI is InChI=1S/C17H22N2O2S/c1-12-4-2-5-14(8-12)21-11-13(20)9-18-10-17-19-15-6-3-7-16(15)22-17/h2,4-5,8,13,18,20H,3,6-7,9-11H2,1H3. The molecule has 0 fully saturated rings. The highest BCUT2D eigenvalue weighted by molar-refractivity contribution is 7.11. The Morgan fingerprint density at radius 3 is 3.14 bits per heavy atom. The number of aromatic nitrogens is 1. The van der Waals surface area contributed by atoms with Gasteiger partial charge in [-0.15, -0.1) is 11.3 Å². The first-order valence-electron chi connectivity index (χ1n) is 7.76.